The van der Waals surface area contributed by atoms with E-state index < -0.39 is 12.1 Å². The summed E-state index contributed by atoms with van der Waals surface area (Å²) in [6.45, 7) is 0. The molecule has 1 atom stereocenters. The van der Waals surface area contributed by atoms with Gasteiger partial charge in [0.1, 0.15) is 17.6 Å². The minimum absolute atomic E-state index is 0.00351. The molecule has 112 valence electrons. The summed E-state index contributed by atoms with van der Waals surface area (Å²) in [5, 5.41) is 8.92. The van der Waals surface area contributed by atoms with Gasteiger partial charge in [0, 0.05) is 6.07 Å². The van der Waals surface area contributed by atoms with Crippen LogP contribution in [0.5, 0.6) is 11.5 Å². The molecule has 0 bridgehead atoms. The van der Waals surface area contributed by atoms with E-state index in [-0.39, 0.29) is 17.8 Å². The fraction of sp³-hybridized carbons (Fsp3) is 0.176. The van der Waals surface area contributed by atoms with Crippen LogP contribution in [0.25, 0.3) is 0 Å². The SMILES string of the molecule is COc1ccc2c(c1)O[C@@H](c1ccc(C(=O)O)cc1)CC2=O. The van der Waals surface area contributed by atoms with Gasteiger partial charge in [0.05, 0.1) is 24.7 Å². The van der Waals surface area contributed by atoms with Crippen molar-refractivity contribution in [3.05, 3.63) is 59.2 Å². The topological polar surface area (TPSA) is 72.8 Å². The molecule has 1 aliphatic heterocycles. The summed E-state index contributed by atoms with van der Waals surface area (Å²) in [6.07, 6.45) is -0.193. The van der Waals surface area contributed by atoms with Crippen LogP contribution in [-0.2, 0) is 0 Å². The molecule has 0 aliphatic carbocycles. The molecule has 1 heterocycles. The summed E-state index contributed by atoms with van der Waals surface area (Å²) in [4.78, 5) is 23.1. The van der Waals surface area contributed by atoms with E-state index in [0.29, 0.717) is 17.1 Å². The molecule has 5 heteroatoms. The van der Waals surface area contributed by atoms with Crippen LogP contribution in [0.4, 0.5) is 0 Å². The maximum absolute atomic E-state index is 12.2. The van der Waals surface area contributed by atoms with E-state index in [1.54, 1.807) is 37.4 Å². The largest absolute Gasteiger partial charge is 0.497 e. The lowest BCUT2D eigenvalue weighted by atomic mass is 9.95. The summed E-state index contributed by atoms with van der Waals surface area (Å²) >= 11 is 0. The number of benzene rings is 2. The van der Waals surface area contributed by atoms with Crippen LogP contribution < -0.4 is 9.47 Å². The van der Waals surface area contributed by atoms with Crippen molar-refractivity contribution < 1.29 is 24.2 Å². The van der Waals surface area contributed by atoms with E-state index >= 15 is 0 Å². The highest BCUT2D eigenvalue weighted by molar-refractivity contribution is 6.00. The number of carbonyl (C=O) groups excluding carboxylic acids is 1. The molecule has 0 saturated carbocycles. The number of carboxylic acids is 1. The van der Waals surface area contributed by atoms with Crippen molar-refractivity contribution in [2.24, 2.45) is 0 Å². The van der Waals surface area contributed by atoms with Gasteiger partial charge in [-0.1, -0.05) is 12.1 Å². The molecular formula is C17H14O5. The minimum Gasteiger partial charge on any atom is -0.497 e. The van der Waals surface area contributed by atoms with Gasteiger partial charge in [-0.3, -0.25) is 4.79 Å². The zero-order valence-corrected chi connectivity index (χ0v) is 11.9. The minimum atomic E-state index is -0.984. The second-order valence-corrected chi connectivity index (χ2v) is 5.02. The highest BCUT2D eigenvalue weighted by Gasteiger charge is 2.28. The average molecular weight is 298 g/mol. The van der Waals surface area contributed by atoms with E-state index in [1.165, 1.54) is 12.1 Å². The summed E-state index contributed by atoms with van der Waals surface area (Å²) in [5.74, 6) is 0.120. The molecule has 0 unspecified atom stereocenters. The standard InChI is InChI=1S/C17H14O5/c1-21-12-6-7-13-14(18)9-15(22-16(13)8-12)10-2-4-11(5-3-10)17(19)20/h2-8,15H,9H2,1H3,(H,19,20)/t15-/m1/s1. The number of Topliss-reactive ketones (excluding diaryl/α,β-unsaturated/α-hetero) is 1. The monoisotopic (exact) mass is 298 g/mol. The number of rotatable bonds is 3. The average Bonchev–Trinajstić information content (AvgIpc) is 2.54. The summed E-state index contributed by atoms with van der Waals surface area (Å²) < 4.78 is 11.0. The third-order valence-corrected chi connectivity index (χ3v) is 3.66. The number of carboxylic acid groups (broad SMARTS) is 1. The van der Waals surface area contributed by atoms with Crippen LogP contribution in [-0.4, -0.2) is 24.0 Å². The molecule has 3 rings (SSSR count). The van der Waals surface area contributed by atoms with Crippen molar-refractivity contribution in [1.29, 1.82) is 0 Å². The Bertz CT molecular complexity index is 733. The van der Waals surface area contributed by atoms with Crippen LogP contribution in [0.15, 0.2) is 42.5 Å². The predicted octanol–water partition coefficient (Wildman–Crippen LogP) is 3.10. The van der Waals surface area contributed by atoms with Crippen molar-refractivity contribution in [3.8, 4) is 11.5 Å². The highest BCUT2D eigenvalue weighted by atomic mass is 16.5. The molecule has 0 radical (unpaired) electrons. The number of carbonyl (C=O) groups is 2. The fourth-order valence-corrected chi connectivity index (χ4v) is 2.46. The maximum atomic E-state index is 12.2. The van der Waals surface area contributed by atoms with E-state index in [0.717, 1.165) is 5.56 Å². The van der Waals surface area contributed by atoms with E-state index in [9.17, 15) is 9.59 Å². The first-order valence-electron chi connectivity index (χ1n) is 6.79. The van der Waals surface area contributed by atoms with Gasteiger partial charge in [-0.25, -0.2) is 4.79 Å². The van der Waals surface area contributed by atoms with Gasteiger partial charge < -0.3 is 14.6 Å². The van der Waals surface area contributed by atoms with Gasteiger partial charge in [0.25, 0.3) is 0 Å². The van der Waals surface area contributed by atoms with Gasteiger partial charge in [0.2, 0.25) is 0 Å². The lowest BCUT2D eigenvalue weighted by molar-refractivity contribution is 0.0695. The molecule has 2 aromatic rings. The molecule has 0 aromatic heterocycles. The Morgan fingerprint density at radius 2 is 1.95 bits per heavy atom. The first-order chi connectivity index (χ1) is 10.6. The quantitative estimate of drug-likeness (QED) is 0.942. The van der Waals surface area contributed by atoms with E-state index in [1.807, 2.05) is 0 Å². The van der Waals surface area contributed by atoms with Gasteiger partial charge >= 0.3 is 5.97 Å². The Balaban J connectivity index is 1.90. The van der Waals surface area contributed by atoms with Crippen LogP contribution >= 0.6 is 0 Å². The van der Waals surface area contributed by atoms with Crippen molar-refractivity contribution >= 4 is 11.8 Å². The number of methoxy groups -OCH3 is 1. The van der Waals surface area contributed by atoms with Gasteiger partial charge in [-0.05, 0) is 29.8 Å². The van der Waals surface area contributed by atoms with Crippen LogP contribution in [0.2, 0.25) is 0 Å². The van der Waals surface area contributed by atoms with Crippen molar-refractivity contribution in [3.63, 3.8) is 0 Å². The third-order valence-electron chi connectivity index (χ3n) is 3.66. The number of aromatic carboxylic acids is 1. The van der Waals surface area contributed by atoms with Crippen LogP contribution in [0.3, 0.4) is 0 Å². The molecule has 22 heavy (non-hydrogen) atoms. The first-order valence-corrected chi connectivity index (χ1v) is 6.79. The van der Waals surface area contributed by atoms with Gasteiger partial charge in [0.15, 0.2) is 5.78 Å². The summed E-state index contributed by atoms with van der Waals surface area (Å²) in [5.41, 5.74) is 1.51. The Morgan fingerprint density at radius 3 is 2.59 bits per heavy atom. The second-order valence-electron chi connectivity index (χ2n) is 5.02. The molecule has 0 amide bonds. The molecule has 0 spiro atoms. The third kappa shape index (κ3) is 2.53. The van der Waals surface area contributed by atoms with Crippen molar-refractivity contribution in [2.45, 2.75) is 12.5 Å². The summed E-state index contributed by atoms with van der Waals surface area (Å²) in [7, 11) is 1.55. The number of fused-ring (bicyclic) bond motifs is 1. The second kappa shape index (κ2) is 5.52. The molecular weight excluding hydrogens is 284 g/mol. The number of ketones is 1. The molecule has 2 aromatic carbocycles. The normalized spacial score (nSPS) is 16.6. The lowest BCUT2D eigenvalue weighted by Gasteiger charge is -2.25. The van der Waals surface area contributed by atoms with Crippen LogP contribution in [0, 0.1) is 0 Å². The van der Waals surface area contributed by atoms with Crippen molar-refractivity contribution in [1.82, 2.24) is 0 Å². The zero-order chi connectivity index (χ0) is 15.7. The molecule has 0 fully saturated rings. The van der Waals surface area contributed by atoms with Gasteiger partial charge in [-0.15, -0.1) is 0 Å². The number of hydrogen-bond donors (Lipinski definition) is 1. The maximum Gasteiger partial charge on any atom is 0.335 e. The smallest absolute Gasteiger partial charge is 0.335 e. The zero-order valence-electron chi connectivity index (χ0n) is 11.9. The van der Waals surface area contributed by atoms with Crippen molar-refractivity contribution in [2.75, 3.05) is 7.11 Å². The lowest BCUT2D eigenvalue weighted by Crippen LogP contribution is -2.20. The summed E-state index contributed by atoms with van der Waals surface area (Å²) in [6, 6.07) is 11.5. The predicted molar refractivity (Wildman–Crippen MR) is 78.7 cm³/mol. The van der Waals surface area contributed by atoms with E-state index in [2.05, 4.69) is 0 Å². The molecule has 1 aliphatic rings. The first kappa shape index (κ1) is 14.1. The molecule has 0 saturated heterocycles. The fourth-order valence-electron chi connectivity index (χ4n) is 2.46. The Labute approximate surface area is 127 Å². The number of hydrogen-bond acceptors (Lipinski definition) is 4. The Morgan fingerprint density at radius 1 is 1.23 bits per heavy atom. The Hall–Kier alpha value is -2.82. The highest BCUT2D eigenvalue weighted by Crippen LogP contribution is 2.36. The Kier molecular flexibility index (Phi) is 3.55. The molecule has 5 nitrogen and oxygen atoms in total. The molecule has 1 N–H and O–H groups in total. The van der Waals surface area contributed by atoms with Crippen LogP contribution in [0.1, 0.15) is 38.8 Å². The van der Waals surface area contributed by atoms with Gasteiger partial charge in [-0.2, -0.15) is 0 Å². The van der Waals surface area contributed by atoms with E-state index in [4.69, 9.17) is 14.6 Å². The number of ether oxygens (including phenoxy) is 2.